The fraction of sp³-hybridized carbons (Fsp3) is 0.278. The third-order valence-electron chi connectivity index (χ3n) is 3.36. The van der Waals surface area contributed by atoms with Crippen molar-refractivity contribution in [2.75, 3.05) is 34.5 Å². The van der Waals surface area contributed by atoms with Crippen LogP contribution in [0.1, 0.15) is 10.4 Å². The average Bonchev–Trinajstić information content (AvgIpc) is 2.64. The van der Waals surface area contributed by atoms with Crippen molar-refractivity contribution in [2.45, 2.75) is 0 Å². The van der Waals surface area contributed by atoms with Crippen LogP contribution in [0.25, 0.3) is 0 Å². The van der Waals surface area contributed by atoms with Crippen LogP contribution in [0.5, 0.6) is 23.0 Å². The summed E-state index contributed by atoms with van der Waals surface area (Å²) in [7, 11) is 4.64. The van der Waals surface area contributed by atoms with Crippen LogP contribution >= 0.6 is 0 Å². The van der Waals surface area contributed by atoms with Crippen molar-refractivity contribution in [2.24, 2.45) is 0 Å². The molecule has 0 radical (unpaired) electrons. The van der Waals surface area contributed by atoms with Crippen LogP contribution in [-0.2, 0) is 0 Å². The van der Waals surface area contributed by atoms with Crippen LogP contribution in [0.2, 0.25) is 0 Å². The quantitative estimate of drug-likeness (QED) is 0.753. The molecule has 0 heterocycles. The Morgan fingerprint density at radius 3 is 2.25 bits per heavy atom. The lowest BCUT2D eigenvalue weighted by Crippen LogP contribution is -2.28. The molecule has 0 fully saturated rings. The molecule has 0 aliphatic carbocycles. The highest BCUT2D eigenvalue weighted by Gasteiger charge is 2.15. The van der Waals surface area contributed by atoms with Crippen LogP contribution in [-0.4, -0.2) is 40.4 Å². The van der Waals surface area contributed by atoms with Gasteiger partial charge in [0.2, 0.25) is 0 Å². The maximum atomic E-state index is 12.3. The lowest BCUT2D eigenvalue weighted by molar-refractivity contribution is 0.0943. The summed E-state index contributed by atoms with van der Waals surface area (Å²) < 4.78 is 21.1. The summed E-state index contributed by atoms with van der Waals surface area (Å²) in [6, 6.07) is 12.4. The summed E-state index contributed by atoms with van der Waals surface area (Å²) in [4.78, 5) is 12.3. The van der Waals surface area contributed by atoms with Gasteiger partial charge in [-0.05, 0) is 36.4 Å². The molecule has 0 aliphatic heterocycles. The molecule has 6 nitrogen and oxygen atoms in total. The van der Waals surface area contributed by atoms with Crippen LogP contribution in [0, 0.1) is 0 Å². The molecule has 0 saturated carbocycles. The zero-order chi connectivity index (χ0) is 17.4. The van der Waals surface area contributed by atoms with Crippen molar-refractivity contribution in [3.05, 3.63) is 48.0 Å². The summed E-state index contributed by atoms with van der Waals surface area (Å²) in [5, 5.41) is 2.79. The fourth-order valence-electron chi connectivity index (χ4n) is 2.17. The Labute approximate surface area is 141 Å². The molecule has 0 saturated heterocycles. The molecule has 1 amide bonds. The maximum Gasteiger partial charge on any atom is 0.255 e. The molecule has 0 atom stereocenters. The molecule has 1 N–H and O–H groups in total. The molecule has 2 rings (SSSR count). The largest absolute Gasteiger partial charge is 0.497 e. The fourth-order valence-corrected chi connectivity index (χ4v) is 2.17. The summed E-state index contributed by atoms with van der Waals surface area (Å²) in [6.07, 6.45) is 0. The molecule has 2 aromatic rings. The highest BCUT2D eigenvalue weighted by Crippen LogP contribution is 2.30. The minimum Gasteiger partial charge on any atom is -0.497 e. The molecule has 6 heteroatoms. The van der Waals surface area contributed by atoms with Crippen molar-refractivity contribution < 1.29 is 23.7 Å². The van der Waals surface area contributed by atoms with E-state index in [-0.39, 0.29) is 5.91 Å². The van der Waals surface area contributed by atoms with Gasteiger partial charge >= 0.3 is 0 Å². The number of nitrogens with one attached hydrogen (secondary N) is 1. The van der Waals surface area contributed by atoms with Crippen molar-refractivity contribution in [3.8, 4) is 23.0 Å². The first kappa shape index (κ1) is 17.5. The van der Waals surface area contributed by atoms with E-state index in [2.05, 4.69) is 5.32 Å². The zero-order valence-electron chi connectivity index (χ0n) is 14.0. The minimum absolute atomic E-state index is 0.246. The first-order valence-corrected chi connectivity index (χ1v) is 7.45. The number of carbonyl (C=O) groups excluding carboxylic acids is 1. The van der Waals surface area contributed by atoms with Crippen molar-refractivity contribution in [1.82, 2.24) is 5.32 Å². The van der Waals surface area contributed by atoms with Crippen LogP contribution in [0.3, 0.4) is 0 Å². The Kier molecular flexibility index (Phi) is 6.31. The summed E-state index contributed by atoms with van der Waals surface area (Å²) in [5.41, 5.74) is 0.418. The number of ether oxygens (including phenoxy) is 4. The standard InChI is InChI=1S/C18H21NO5/c1-21-13-7-9-14(10-8-13)24-12-11-19-18(20)15-5-4-6-16(22-2)17(15)23-3/h4-10H,11-12H2,1-3H3,(H,19,20). The second-order valence-corrected chi connectivity index (χ2v) is 4.82. The van der Waals surface area contributed by atoms with E-state index in [0.29, 0.717) is 36.0 Å². The van der Waals surface area contributed by atoms with Gasteiger partial charge in [0, 0.05) is 0 Å². The second kappa shape index (κ2) is 8.67. The van der Waals surface area contributed by atoms with Gasteiger partial charge in [0.05, 0.1) is 33.4 Å². The highest BCUT2D eigenvalue weighted by atomic mass is 16.5. The van der Waals surface area contributed by atoms with Gasteiger partial charge in [0.25, 0.3) is 5.91 Å². The van der Waals surface area contributed by atoms with E-state index < -0.39 is 0 Å². The van der Waals surface area contributed by atoms with Crippen LogP contribution in [0.15, 0.2) is 42.5 Å². The number of benzene rings is 2. The summed E-state index contributed by atoms with van der Waals surface area (Å²) >= 11 is 0. The first-order chi connectivity index (χ1) is 11.7. The molecule has 24 heavy (non-hydrogen) atoms. The van der Waals surface area contributed by atoms with Gasteiger partial charge in [0.15, 0.2) is 11.5 Å². The van der Waals surface area contributed by atoms with E-state index in [1.165, 1.54) is 14.2 Å². The van der Waals surface area contributed by atoms with E-state index in [0.717, 1.165) is 5.75 Å². The lowest BCUT2D eigenvalue weighted by atomic mass is 10.1. The predicted octanol–water partition coefficient (Wildman–Crippen LogP) is 2.52. The van der Waals surface area contributed by atoms with Crippen molar-refractivity contribution in [1.29, 1.82) is 0 Å². The molecule has 0 spiro atoms. The number of hydrogen-bond donors (Lipinski definition) is 1. The molecular weight excluding hydrogens is 310 g/mol. The van der Waals surface area contributed by atoms with Gasteiger partial charge in [-0.25, -0.2) is 0 Å². The number of rotatable bonds is 8. The normalized spacial score (nSPS) is 9.96. The number of amides is 1. The van der Waals surface area contributed by atoms with Crippen molar-refractivity contribution in [3.63, 3.8) is 0 Å². The number of hydrogen-bond acceptors (Lipinski definition) is 5. The molecule has 0 bridgehead atoms. The second-order valence-electron chi connectivity index (χ2n) is 4.82. The van der Waals surface area contributed by atoms with Gasteiger partial charge < -0.3 is 24.3 Å². The molecular formula is C18H21NO5. The summed E-state index contributed by atoms with van der Waals surface area (Å²) in [6.45, 7) is 0.718. The van der Waals surface area contributed by atoms with Gasteiger partial charge in [-0.3, -0.25) is 4.79 Å². The van der Waals surface area contributed by atoms with E-state index in [9.17, 15) is 4.79 Å². The number of para-hydroxylation sites is 1. The third kappa shape index (κ3) is 4.32. The Balaban J connectivity index is 1.87. The molecule has 2 aromatic carbocycles. The van der Waals surface area contributed by atoms with Gasteiger partial charge in [-0.1, -0.05) is 6.07 Å². The van der Waals surface area contributed by atoms with E-state index in [1.807, 2.05) is 24.3 Å². The Bertz CT molecular complexity index is 670. The maximum absolute atomic E-state index is 12.3. The van der Waals surface area contributed by atoms with Crippen molar-refractivity contribution >= 4 is 5.91 Å². The minimum atomic E-state index is -0.246. The monoisotopic (exact) mass is 331 g/mol. The molecule has 0 unspecified atom stereocenters. The van der Waals surface area contributed by atoms with E-state index >= 15 is 0 Å². The SMILES string of the molecule is COc1ccc(OCCNC(=O)c2cccc(OC)c2OC)cc1. The molecule has 128 valence electrons. The molecule has 0 aliphatic rings. The van der Waals surface area contributed by atoms with E-state index in [1.54, 1.807) is 25.3 Å². The first-order valence-electron chi connectivity index (χ1n) is 7.45. The lowest BCUT2D eigenvalue weighted by Gasteiger charge is -2.13. The predicted molar refractivity (Wildman–Crippen MR) is 90.4 cm³/mol. The van der Waals surface area contributed by atoms with E-state index in [4.69, 9.17) is 18.9 Å². The number of carbonyl (C=O) groups is 1. The van der Waals surface area contributed by atoms with Crippen LogP contribution in [0.4, 0.5) is 0 Å². The Morgan fingerprint density at radius 1 is 0.917 bits per heavy atom. The molecule has 0 aromatic heterocycles. The topological polar surface area (TPSA) is 66.0 Å². The summed E-state index contributed by atoms with van der Waals surface area (Å²) in [5.74, 6) is 2.15. The van der Waals surface area contributed by atoms with Crippen LogP contribution < -0.4 is 24.3 Å². The van der Waals surface area contributed by atoms with Gasteiger partial charge in [-0.15, -0.1) is 0 Å². The highest BCUT2D eigenvalue weighted by molar-refractivity contribution is 5.97. The van der Waals surface area contributed by atoms with Gasteiger partial charge in [0.1, 0.15) is 18.1 Å². The Morgan fingerprint density at radius 2 is 1.62 bits per heavy atom. The van der Waals surface area contributed by atoms with Gasteiger partial charge in [-0.2, -0.15) is 0 Å². The smallest absolute Gasteiger partial charge is 0.255 e. The third-order valence-corrected chi connectivity index (χ3v) is 3.36. The zero-order valence-corrected chi connectivity index (χ0v) is 14.0. The number of methoxy groups -OCH3 is 3. The Hall–Kier alpha value is -2.89. The average molecular weight is 331 g/mol.